The molecule has 6 heteroatoms. The van der Waals surface area contributed by atoms with E-state index >= 15 is 0 Å². The lowest BCUT2D eigenvalue weighted by molar-refractivity contribution is -0.120. The molecular formula is C20H18FNO4. The van der Waals surface area contributed by atoms with Crippen molar-refractivity contribution in [2.75, 3.05) is 4.90 Å². The van der Waals surface area contributed by atoms with Gasteiger partial charge in [-0.2, -0.15) is 0 Å². The van der Waals surface area contributed by atoms with Gasteiger partial charge < -0.3 is 4.42 Å². The lowest BCUT2D eigenvalue weighted by Crippen LogP contribution is -2.32. The molecule has 0 fully saturated rings. The van der Waals surface area contributed by atoms with Crippen molar-refractivity contribution in [3.63, 3.8) is 0 Å². The van der Waals surface area contributed by atoms with E-state index in [9.17, 15) is 18.8 Å². The highest BCUT2D eigenvalue weighted by atomic mass is 19.1. The Labute approximate surface area is 149 Å². The zero-order chi connectivity index (χ0) is 18.6. The molecule has 0 unspecified atom stereocenters. The Hall–Kier alpha value is -2.76. The van der Waals surface area contributed by atoms with Gasteiger partial charge in [0.1, 0.15) is 5.58 Å². The molecule has 1 aromatic heterocycles. The molecule has 2 aromatic rings. The fourth-order valence-corrected chi connectivity index (χ4v) is 3.80. The number of rotatable bonds is 2. The average Bonchev–Trinajstić information content (AvgIpc) is 2.85. The monoisotopic (exact) mass is 355 g/mol. The zero-order valence-corrected chi connectivity index (χ0v) is 14.6. The Morgan fingerprint density at radius 1 is 1.00 bits per heavy atom. The molecule has 0 saturated heterocycles. The van der Waals surface area contributed by atoms with Gasteiger partial charge in [0.15, 0.2) is 5.82 Å². The van der Waals surface area contributed by atoms with E-state index in [4.69, 9.17) is 4.42 Å². The van der Waals surface area contributed by atoms with Crippen LogP contribution in [0.1, 0.15) is 51.0 Å². The molecule has 26 heavy (non-hydrogen) atoms. The second-order valence-corrected chi connectivity index (χ2v) is 7.09. The van der Waals surface area contributed by atoms with Crippen LogP contribution < -0.4 is 10.5 Å². The van der Waals surface area contributed by atoms with Crippen molar-refractivity contribution < 1.29 is 18.4 Å². The molecule has 2 heterocycles. The predicted molar refractivity (Wildman–Crippen MR) is 94.5 cm³/mol. The Morgan fingerprint density at radius 2 is 1.62 bits per heavy atom. The second kappa shape index (κ2) is 5.90. The fourth-order valence-electron chi connectivity index (χ4n) is 3.80. The van der Waals surface area contributed by atoms with Gasteiger partial charge >= 0.3 is 5.63 Å². The summed E-state index contributed by atoms with van der Waals surface area (Å²) in [5, 5.41) is 0.529. The van der Waals surface area contributed by atoms with E-state index in [1.807, 2.05) is 13.8 Å². The number of carbonyl (C=O) groups is 2. The number of imide groups is 1. The average molecular weight is 355 g/mol. The van der Waals surface area contributed by atoms with E-state index in [2.05, 4.69) is 0 Å². The Bertz CT molecular complexity index is 1020. The van der Waals surface area contributed by atoms with Gasteiger partial charge in [-0.05, 0) is 43.2 Å². The molecule has 0 N–H and O–H groups in total. The summed E-state index contributed by atoms with van der Waals surface area (Å²) < 4.78 is 19.8. The molecule has 1 aliphatic carbocycles. The van der Waals surface area contributed by atoms with Crippen LogP contribution in [0.15, 0.2) is 38.6 Å². The third-order valence-corrected chi connectivity index (χ3v) is 5.10. The summed E-state index contributed by atoms with van der Waals surface area (Å²) in [5.74, 6) is -1.64. The molecule has 0 atom stereocenters. The Kier molecular flexibility index (Phi) is 3.79. The van der Waals surface area contributed by atoms with E-state index in [-0.39, 0.29) is 17.2 Å². The normalized spacial score (nSPS) is 17.6. The third-order valence-electron chi connectivity index (χ3n) is 5.10. The molecule has 0 spiro atoms. The van der Waals surface area contributed by atoms with Gasteiger partial charge in [-0.1, -0.05) is 13.8 Å². The van der Waals surface area contributed by atoms with Crippen molar-refractivity contribution in [1.29, 1.82) is 0 Å². The van der Waals surface area contributed by atoms with Gasteiger partial charge in [-0.15, -0.1) is 0 Å². The number of anilines is 1. The largest absolute Gasteiger partial charge is 0.423 e. The zero-order valence-electron chi connectivity index (χ0n) is 14.6. The van der Waals surface area contributed by atoms with Gasteiger partial charge in [0.05, 0.1) is 5.69 Å². The van der Waals surface area contributed by atoms with E-state index in [1.54, 1.807) is 0 Å². The maximum absolute atomic E-state index is 14.7. The van der Waals surface area contributed by atoms with Crippen LogP contribution in [0.4, 0.5) is 10.1 Å². The predicted octanol–water partition coefficient (Wildman–Crippen LogP) is 3.80. The molecule has 2 amide bonds. The van der Waals surface area contributed by atoms with Crippen molar-refractivity contribution in [3.05, 3.63) is 51.1 Å². The van der Waals surface area contributed by atoms with Crippen molar-refractivity contribution in [3.8, 4) is 0 Å². The van der Waals surface area contributed by atoms with Crippen LogP contribution >= 0.6 is 0 Å². The van der Waals surface area contributed by atoms with Crippen molar-refractivity contribution in [2.24, 2.45) is 0 Å². The molecule has 0 bridgehead atoms. The van der Waals surface area contributed by atoms with Gasteiger partial charge in [-0.25, -0.2) is 14.1 Å². The molecule has 1 aliphatic heterocycles. The van der Waals surface area contributed by atoms with Gasteiger partial charge in [0.2, 0.25) is 0 Å². The molecule has 1 aromatic carbocycles. The van der Waals surface area contributed by atoms with Crippen LogP contribution in [0, 0.1) is 5.82 Å². The SMILES string of the molecule is CC(C)c1cc(=O)oc2cc(F)c(N3C(=O)C4=C(CCCC4)C3=O)cc12. The molecule has 5 nitrogen and oxygen atoms in total. The first kappa shape index (κ1) is 16.7. The number of benzene rings is 1. The molecule has 4 rings (SSSR count). The lowest BCUT2D eigenvalue weighted by atomic mass is 9.93. The first-order chi connectivity index (χ1) is 12.4. The van der Waals surface area contributed by atoms with Crippen molar-refractivity contribution in [1.82, 2.24) is 0 Å². The third kappa shape index (κ3) is 2.40. The number of fused-ring (bicyclic) bond motifs is 1. The summed E-state index contributed by atoms with van der Waals surface area (Å²) >= 11 is 0. The first-order valence-corrected chi connectivity index (χ1v) is 8.76. The van der Waals surface area contributed by atoms with Gasteiger partial charge in [0, 0.05) is 28.7 Å². The van der Waals surface area contributed by atoms with Crippen LogP contribution in [0.2, 0.25) is 0 Å². The highest BCUT2D eigenvalue weighted by Gasteiger charge is 2.41. The minimum atomic E-state index is -0.761. The van der Waals surface area contributed by atoms with E-state index in [1.165, 1.54) is 12.1 Å². The minimum absolute atomic E-state index is 0.00350. The van der Waals surface area contributed by atoms with E-state index < -0.39 is 23.3 Å². The highest BCUT2D eigenvalue weighted by molar-refractivity contribution is 6.33. The molecule has 0 radical (unpaired) electrons. The number of hydrogen-bond acceptors (Lipinski definition) is 4. The number of amides is 2. The van der Waals surface area contributed by atoms with Crippen molar-refractivity contribution >= 4 is 28.5 Å². The van der Waals surface area contributed by atoms with Crippen LogP contribution in [-0.4, -0.2) is 11.8 Å². The maximum Gasteiger partial charge on any atom is 0.336 e. The Morgan fingerprint density at radius 3 is 2.19 bits per heavy atom. The van der Waals surface area contributed by atoms with Crippen LogP contribution in [-0.2, 0) is 9.59 Å². The minimum Gasteiger partial charge on any atom is -0.423 e. The van der Waals surface area contributed by atoms with Crippen LogP contribution in [0.5, 0.6) is 0 Å². The summed E-state index contributed by atoms with van der Waals surface area (Å²) in [7, 11) is 0. The second-order valence-electron chi connectivity index (χ2n) is 7.09. The van der Waals surface area contributed by atoms with Crippen LogP contribution in [0.3, 0.4) is 0 Å². The number of halogens is 1. The number of nitrogens with zero attached hydrogens (tertiary/aromatic N) is 1. The summed E-state index contributed by atoms with van der Waals surface area (Å²) in [6, 6.07) is 3.89. The van der Waals surface area contributed by atoms with Gasteiger partial charge in [0.25, 0.3) is 11.8 Å². The Balaban J connectivity index is 1.90. The van der Waals surface area contributed by atoms with E-state index in [0.717, 1.165) is 23.8 Å². The first-order valence-electron chi connectivity index (χ1n) is 8.76. The number of carbonyl (C=O) groups excluding carboxylic acids is 2. The van der Waals surface area contributed by atoms with Crippen molar-refractivity contribution in [2.45, 2.75) is 45.4 Å². The van der Waals surface area contributed by atoms with E-state index in [0.29, 0.717) is 34.9 Å². The molecular weight excluding hydrogens is 337 g/mol. The molecule has 134 valence electrons. The highest BCUT2D eigenvalue weighted by Crippen LogP contribution is 2.38. The fraction of sp³-hybridized carbons (Fsp3) is 0.350. The van der Waals surface area contributed by atoms with Gasteiger partial charge in [-0.3, -0.25) is 9.59 Å². The van der Waals surface area contributed by atoms with Crippen LogP contribution in [0.25, 0.3) is 11.0 Å². The maximum atomic E-state index is 14.7. The molecule has 0 saturated carbocycles. The summed E-state index contributed by atoms with van der Waals surface area (Å²) in [6.07, 6.45) is 2.82. The lowest BCUT2D eigenvalue weighted by Gasteiger charge is -2.18. The molecule has 2 aliphatic rings. The summed E-state index contributed by atoms with van der Waals surface area (Å²) in [5.41, 5.74) is 1.17. The quantitative estimate of drug-likeness (QED) is 0.607. The topological polar surface area (TPSA) is 67.6 Å². The summed E-state index contributed by atoms with van der Waals surface area (Å²) in [6.45, 7) is 3.81. The smallest absolute Gasteiger partial charge is 0.336 e. The standard InChI is InChI=1S/C20H18FNO4/c1-10(2)13-8-18(23)26-17-9-15(21)16(7-14(13)17)22-19(24)11-5-3-4-6-12(11)20(22)25/h7-10H,3-6H2,1-2H3. The number of hydrogen-bond donors (Lipinski definition) is 0. The summed E-state index contributed by atoms with van der Waals surface area (Å²) in [4.78, 5) is 38.1.